The third kappa shape index (κ3) is 3.21. The van der Waals surface area contributed by atoms with Crippen LogP contribution in [0, 0.1) is 18.3 Å². The molecule has 0 saturated heterocycles. The first kappa shape index (κ1) is 14.6. The lowest BCUT2D eigenvalue weighted by Crippen LogP contribution is -2.32. The van der Waals surface area contributed by atoms with E-state index in [-0.39, 0.29) is 12.3 Å². The molecule has 0 fully saturated rings. The summed E-state index contributed by atoms with van der Waals surface area (Å²) in [4.78, 5) is 14.4. The third-order valence-corrected chi connectivity index (χ3v) is 3.28. The number of para-hydroxylation sites is 1. The summed E-state index contributed by atoms with van der Waals surface area (Å²) in [6, 6.07) is 16.8. The number of rotatable bonds is 4. The van der Waals surface area contributed by atoms with Gasteiger partial charge in [0.25, 0.3) is 5.91 Å². The van der Waals surface area contributed by atoms with Crippen molar-refractivity contribution in [3.63, 3.8) is 0 Å². The molecule has 0 aliphatic heterocycles. The summed E-state index contributed by atoms with van der Waals surface area (Å²) >= 11 is 0. The van der Waals surface area contributed by atoms with E-state index in [1.807, 2.05) is 49.4 Å². The summed E-state index contributed by atoms with van der Waals surface area (Å²) < 4.78 is 0. The lowest BCUT2D eigenvalue weighted by atomic mass is 10.0. The van der Waals surface area contributed by atoms with Gasteiger partial charge >= 0.3 is 0 Å². The number of amides is 1. The lowest BCUT2D eigenvalue weighted by molar-refractivity contribution is 0.0988. The van der Waals surface area contributed by atoms with Crippen molar-refractivity contribution in [1.29, 1.82) is 5.26 Å². The smallest absolute Gasteiger partial charge is 0.260 e. The predicted molar refractivity (Wildman–Crippen MR) is 83.9 cm³/mol. The number of carbonyl (C=O) groups excluding carboxylic acids is 1. The van der Waals surface area contributed by atoms with Gasteiger partial charge in [-0.3, -0.25) is 4.79 Å². The Kier molecular flexibility index (Phi) is 4.57. The molecular weight excluding hydrogens is 262 g/mol. The van der Waals surface area contributed by atoms with Crippen LogP contribution in [-0.4, -0.2) is 12.5 Å². The van der Waals surface area contributed by atoms with E-state index >= 15 is 0 Å². The molecule has 0 aromatic heterocycles. The molecule has 2 aromatic rings. The Morgan fingerprint density at radius 1 is 1.19 bits per heavy atom. The topological polar surface area (TPSA) is 70.1 Å². The van der Waals surface area contributed by atoms with Gasteiger partial charge in [-0.2, -0.15) is 5.26 Å². The fraction of sp³-hybridized carbons (Fsp3) is 0.176. The number of benzene rings is 2. The highest BCUT2D eigenvalue weighted by molar-refractivity contribution is 6.10. The molecule has 106 valence electrons. The Bertz CT molecular complexity index is 654. The second-order valence-corrected chi connectivity index (χ2v) is 4.74. The monoisotopic (exact) mass is 279 g/mol. The molecule has 2 aromatic carbocycles. The average Bonchev–Trinajstić information content (AvgIpc) is 2.48. The number of nitriles is 1. The van der Waals surface area contributed by atoms with Gasteiger partial charge in [-0.05, 0) is 30.7 Å². The second kappa shape index (κ2) is 6.58. The van der Waals surface area contributed by atoms with E-state index in [2.05, 4.69) is 6.07 Å². The number of aryl methyl sites for hydroxylation is 1. The first-order chi connectivity index (χ1) is 10.1. The Balaban J connectivity index is 2.42. The molecule has 4 heteroatoms. The molecule has 0 bridgehead atoms. The lowest BCUT2D eigenvalue weighted by Gasteiger charge is -2.23. The van der Waals surface area contributed by atoms with Crippen LogP contribution in [-0.2, 0) is 0 Å². The minimum absolute atomic E-state index is 0.174. The molecule has 21 heavy (non-hydrogen) atoms. The van der Waals surface area contributed by atoms with Crippen molar-refractivity contribution in [3.8, 4) is 6.07 Å². The number of nitrogens with zero attached hydrogens (tertiary/aromatic N) is 2. The maximum Gasteiger partial charge on any atom is 0.260 e. The molecule has 0 aliphatic rings. The summed E-state index contributed by atoms with van der Waals surface area (Å²) in [7, 11) is 0. The molecule has 0 spiro atoms. The van der Waals surface area contributed by atoms with Crippen LogP contribution >= 0.6 is 0 Å². The summed E-state index contributed by atoms with van der Waals surface area (Å²) in [5.74, 6) is -0.174. The number of carbonyl (C=O) groups is 1. The molecule has 1 amide bonds. The highest BCUT2D eigenvalue weighted by Gasteiger charge is 2.21. The standard InChI is InChI=1S/C17H17N3O/c1-13-7-5-10-15(19)16(13)17(21)20(12-6-11-18)14-8-3-2-4-9-14/h2-5,7-10H,6,12,19H2,1H3. The maximum absolute atomic E-state index is 12.8. The minimum Gasteiger partial charge on any atom is -0.398 e. The molecular formula is C17H17N3O. The third-order valence-electron chi connectivity index (χ3n) is 3.28. The zero-order valence-corrected chi connectivity index (χ0v) is 11.9. The van der Waals surface area contributed by atoms with Gasteiger partial charge in [-0.25, -0.2) is 0 Å². The summed E-state index contributed by atoms with van der Waals surface area (Å²) in [6.45, 7) is 2.20. The molecule has 0 saturated carbocycles. The van der Waals surface area contributed by atoms with E-state index < -0.39 is 0 Å². The Morgan fingerprint density at radius 3 is 2.52 bits per heavy atom. The van der Waals surface area contributed by atoms with E-state index in [1.54, 1.807) is 11.0 Å². The minimum atomic E-state index is -0.174. The van der Waals surface area contributed by atoms with Gasteiger partial charge in [0.1, 0.15) is 0 Å². The predicted octanol–water partition coefficient (Wildman–Crippen LogP) is 3.14. The summed E-state index contributed by atoms with van der Waals surface area (Å²) in [5, 5.41) is 8.81. The van der Waals surface area contributed by atoms with Crippen LogP contribution in [0.3, 0.4) is 0 Å². The van der Waals surface area contributed by atoms with E-state index in [0.717, 1.165) is 11.3 Å². The van der Waals surface area contributed by atoms with Gasteiger partial charge in [-0.1, -0.05) is 30.3 Å². The van der Waals surface area contributed by atoms with E-state index in [9.17, 15) is 4.79 Å². The van der Waals surface area contributed by atoms with Crippen LogP contribution < -0.4 is 10.6 Å². The summed E-state index contributed by atoms with van der Waals surface area (Å²) in [6.07, 6.45) is 0.270. The van der Waals surface area contributed by atoms with Crippen molar-refractivity contribution in [3.05, 3.63) is 59.7 Å². The first-order valence-electron chi connectivity index (χ1n) is 6.74. The molecule has 0 atom stereocenters. The number of nitrogens with two attached hydrogens (primary N) is 1. The zero-order chi connectivity index (χ0) is 15.2. The van der Waals surface area contributed by atoms with Crippen molar-refractivity contribution < 1.29 is 4.79 Å². The molecule has 0 unspecified atom stereocenters. The van der Waals surface area contributed by atoms with Crippen LogP contribution in [0.5, 0.6) is 0 Å². The normalized spacial score (nSPS) is 9.90. The van der Waals surface area contributed by atoms with Crippen molar-refractivity contribution in [2.24, 2.45) is 0 Å². The van der Waals surface area contributed by atoms with Gasteiger partial charge in [-0.15, -0.1) is 0 Å². The second-order valence-electron chi connectivity index (χ2n) is 4.74. The van der Waals surface area contributed by atoms with Crippen molar-refractivity contribution >= 4 is 17.3 Å². The maximum atomic E-state index is 12.8. The van der Waals surface area contributed by atoms with Crippen LogP contribution in [0.4, 0.5) is 11.4 Å². The van der Waals surface area contributed by atoms with Crippen LogP contribution in [0.1, 0.15) is 22.3 Å². The van der Waals surface area contributed by atoms with Gasteiger partial charge < -0.3 is 10.6 Å². The fourth-order valence-electron chi connectivity index (χ4n) is 2.24. The molecule has 2 N–H and O–H groups in total. The van der Waals surface area contributed by atoms with Crippen LogP contribution in [0.25, 0.3) is 0 Å². The van der Waals surface area contributed by atoms with Gasteiger partial charge in [0.2, 0.25) is 0 Å². The number of hydrogen-bond acceptors (Lipinski definition) is 3. The zero-order valence-electron chi connectivity index (χ0n) is 11.9. The number of nitrogen functional groups attached to an aromatic ring is 1. The number of hydrogen-bond donors (Lipinski definition) is 1. The molecule has 2 rings (SSSR count). The molecule has 0 heterocycles. The highest BCUT2D eigenvalue weighted by Crippen LogP contribution is 2.23. The van der Waals surface area contributed by atoms with Crippen LogP contribution in [0.2, 0.25) is 0 Å². The average molecular weight is 279 g/mol. The van der Waals surface area contributed by atoms with Gasteiger partial charge in [0.15, 0.2) is 0 Å². The van der Waals surface area contributed by atoms with Crippen molar-refractivity contribution in [1.82, 2.24) is 0 Å². The van der Waals surface area contributed by atoms with E-state index in [0.29, 0.717) is 17.8 Å². The SMILES string of the molecule is Cc1cccc(N)c1C(=O)N(CCC#N)c1ccccc1. The van der Waals surface area contributed by atoms with Gasteiger partial charge in [0.05, 0.1) is 18.1 Å². The Morgan fingerprint density at radius 2 is 1.90 bits per heavy atom. The van der Waals surface area contributed by atoms with Crippen LogP contribution in [0.15, 0.2) is 48.5 Å². The van der Waals surface area contributed by atoms with E-state index in [1.165, 1.54) is 0 Å². The van der Waals surface area contributed by atoms with Gasteiger partial charge in [0, 0.05) is 17.9 Å². The highest BCUT2D eigenvalue weighted by atomic mass is 16.2. The Labute approximate surface area is 124 Å². The first-order valence-corrected chi connectivity index (χ1v) is 6.74. The van der Waals surface area contributed by atoms with Crippen molar-refractivity contribution in [2.45, 2.75) is 13.3 Å². The molecule has 4 nitrogen and oxygen atoms in total. The molecule has 0 radical (unpaired) electrons. The molecule has 0 aliphatic carbocycles. The quantitative estimate of drug-likeness (QED) is 0.874. The Hall–Kier alpha value is -2.80. The van der Waals surface area contributed by atoms with E-state index in [4.69, 9.17) is 11.0 Å². The summed E-state index contributed by atoms with van der Waals surface area (Å²) in [5.41, 5.74) is 8.51. The largest absolute Gasteiger partial charge is 0.398 e. The van der Waals surface area contributed by atoms with Crippen molar-refractivity contribution in [2.75, 3.05) is 17.2 Å². The number of anilines is 2. The fourth-order valence-corrected chi connectivity index (χ4v) is 2.24.